The average molecular weight is 346 g/mol. The molecule has 0 radical (unpaired) electrons. The predicted molar refractivity (Wildman–Crippen MR) is 90.4 cm³/mol. The molecule has 0 aliphatic carbocycles. The highest BCUT2D eigenvalue weighted by molar-refractivity contribution is 5.88. The lowest BCUT2D eigenvalue weighted by atomic mass is 10.1. The van der Waals surface area contributed by atoms with Crippen LogP contribution in [0.5, 0.6) is 0 Å². The maximum absolute atomic E-state index is 13.3. The number of benzene rings is 1. The van der Waals surface area contributed by atoms with Crippen LogP contribution in [0.4, 0.5) is 4.39 Å². The summed E-state index contributed by atoms with van der Waals surface area (Å²) in [6.07, 6.45) is 0.0470. The lowest BCUT2D eigenvalue weighted by Gasteiger charge is -2.34. The number of hydrogen-bond donors (Lipinski definition) is 3. The van der Waals surface area contributed by atoms with E-state index in [0.717, 1.165) is 0 Å². The van der Waals surface area contributed by atoms with Gasteiger partial charge in [-0.2, -0.15) is 0 Å². The minimum absolute atomic E-state index is 0.0470. The number of fused-ring (bicyclic) bond motifs is 1. The summed E-state index contributed by atoms with van der Waals surface area (Å²) in [5, 5.41) is 5.55. The number of amides is 2. The molecule has 25 heavy (non-hydrogen) atoms. The Morgan fingerprint density at radius 3 is 2.92 bits per heavy atom. The Morgan fingerprint density at radius 2 is 2.16 bits per heavy atom. The number of aromatic nitrogens is 1. The van der Waals surface area contributed by atoms with E-state index in [0.29, 0.717) is 30.8 Å². The molecule has 0 spiro atoms. The van der Waals surface area contributed by atoms with Crippen LogP contribution in [0.3, 0.4) is 0 Å². The van der Waals surface area contributed by atoms with E-state index < -0.39 is 11.9 Å². The Labute approximate surface area is 143 Å². The topological polar surface area (TPSA) is 94.3 Å². The standard InChI is InChI=1S/C17H19FN4O3/c1-19-16(24)8-14-17(25)20-4-5-22(14)9-11-7-15(23)12-6-10(18)2-3-13(12)21-11/h2-3,6-7,14H,4-5,8-9H2,1H3,(H,19,24)(H,20,25)(H,21,23)/t14-/m0/s1. The summed E-state index contributed by atoms with van der Waals surface area (Å²) in [6, 6.07) is 4.80. The molecular weight excluding hydrogens is 327 g/mol. The third-order valence-corrected chi connectivity index (χ3v) is 4.32. The fourth-order valence-corrected chi connectivity index (χ4v) is 3.03. The molecule has 1 saturated heterocycles. The van der Waals surface area contributed by atoms with E-state index in [9.17, 15) is 18.8 Å². The van der Waals surface area contributed by atoms with E-state index in [1.54, 1.807) is 0 Å². The number of aromatic amines is 1. The molecule has 3 N–H and O–H groups in total. The molecule has 2 aromatic rings. The first-order chi connectivity index (χ1) is 12.0. The quantitative estimate of drug-likeness (QED) is 0.732. The van der Waals surface area contributed by atoms with Gasteiger partial charge in [0.05, 0.1) is 12.5 Å². The Bertz CT molecular complexity index is 880. The number of nitrogens with zero attached hydrogens (tertiary/aromatic N) is 1. The van der Waals surface area contributed by atoms with Gasteiger partial charge in [0, 0.05) is 49.3 Å². The van der Waals surface area contributed by atoms with E-state index in [2.05, 4.69) is 15.6 Å². The zero-order valence-electron chi connectivity index (χ0n) is 13.8. The predicted octanol–water partition coefficient (Wildman–Crippen LogP) is 0.104. The Balaban J connectivity index is 1.87. The monoisotopic (exact) mass is 346 g/mol. The van der Waals surface area contributed by atoms with E-state index in [-0.39, 0.29) is 29.1 Å². The van der Waals surface area contributed by atoms with Crippen molar-refractivity contribution in [3.05, 3.63) is 46.0 Å². The molecule has 1 atom stereocenters. The maximum atomic E-state index is 13.3. The first-order valence-corrected chi connectivity index (χ1v) is 8.01. The van der Waals surface area contributed by atoms with Crippen molar-refractivity contribution in [1.29, 1.82) is 0 Å². The van der Waals surface area contributed by atoms with Gasteiger partial charge in [0.15, 0.2) is 5.43 Å². The smallest absolute Gasteiger partial charge is 0.237 e. The number of carbonyl (C=O) groups excluding carboxylic acids is 2. The number of carbonyl (C=O) groups is 2. The fourth-order valence-electron chi connectivity index (χ4n) is 3.03. The van der Waals surface area contributed by atoms with Crippen LogP contribution < -0.4 is 16.1 Å². The molecule has 132 valence electrons. The molecule has 1 aromatic carbocycles. The summed E-state index contributed by atoms with van der Waals surface area (Å²) in [7, 11) is 1.52. The molecule has 0 bridgehead atoms. The summed E-state index contributed by atoms with van der Waals surface area (Å²) in [4.78, 5) is 41.0. The number of pyridine rings is 1. The average Bonchev–Trinajstić information content (AvgIpc) is 2.58. The van der Waals surface area contributed by atoms with Crippen molar-refractivity contribution in [2.24, 2.45) is 0 Å². The first kappa shape index (κ1) is 17.1. The normalized spacial score (nSPS) is 18.2. The van der Waals surface area contributed by atoms with E-state index in [1.807, 2.05) is 4.90 Å². The van der Waals surface area contributed by atoms with Gasteiger partial charge in [-0.3, -0.25) is 19.3 Å². The molecular formula is C17H19FN4O3. The van der Waals surface area contributed by atoms with Crippen LogP contribution in [0.25, 0.3) is 10.9 Å². The molecule has 1 aliphatic rings. The van der Waals surface area contributed by atoms with Gasteiger partial charge in [0.2, 0.25) is 11.8 Å². The second-order valence-corrected chi connectivity index (χ2v) is 6.00. The van der Waals surface area contributed by atoms with Crippen molar-refractivity contribution < 1.29 is 14.0 Å². The summed E-state index contributed by atoms with van der Waals surface area (Å²) < 4.78 is 13.3. The minimum atomic E-state index is -0.596. The van der Waals surface area contributed by atoms with Crippen molar-refractivity contribution in [1.82, 2.24) is 20.5 Å². The van der Waals surface area contributed by atoms with Gasteiger partial charge < -0.3 is 15.6 Å². The molecule has 8 heteroatoms. The van der Waals surface area contributed by atoms with Crippen molar-refractivity contribution in [3.8, 4) is 0 Å². The van der Waals surface area contributed by atoms with Crippen LogP contribution in [0.2, 0.25) is 0 Å². The summed E-state index contributed by atoms with van der Waals surface area (Å²) in [6.45, 7) is 1.36. The van der Waals surface area contributed by atoms with Crippen molar-refractivity contribution in [2.75, 3.05) is 20.1 Å². The highest BCUT2D eigenvalue weighted by Crippen LogP contribution is 2.15. The Hall–Kier alpha value is -2.74. The molecule has 0 unspecified atom stereocenters. The zero-order chi connectivity index (χ0) is 18.0. The van der Waals surface area contributed by atoms with Gasteiger partial charge in [0.1, 0.15) is 5.82 Å². The highest BCUT2D eigenvalue weighted by atomic mass is 19.1. The summed E-state index contributed by atoms with van der Waals surface area (Å²) in [5.74, 6) is -0.904. The van der Waals surface area contributed by atoms with Crippen LogP contribution >= 0.6 is 0 Å². The van der Waals surface area contributed by atoms with Crippen molar-refractivity contribution >= 4 is 22.7 Å². The third-order valence-electron chi connectivity index (χ3n) is 4.32. The van der Waals surface area contributed by atoms with Crippen LogP contribution in [0.1, 0.15) is 12.1 Å². The van der Waals surface area contributed by atoms with E-state index in [1.165, 1.54) is 31.3 Å². The zero-order valence-corrected chi connectivity index (χ0v) is 13.8. The van der Waals surface area contributed by atoms with Crippen molar-refractivity contribution in [3.63, 3.8) is 0 Å². The Morgan fingerprint density at radius 1 is 1.36 bits per heavy atom. The van der Waals surface area contributed by atoms with Gasteiger partial charge in [-0.15, -0.1) is 0 Å². The molecule has 1 aromatic heterocycles. The van der Waals surface area contributed by atoms with Crippen LogP contribution in [0, 0.1) is 5.82 Å². The lowest BCUT2D eigenvalue weighted by molar-refractivity contribution is -0.134. The summed E-state index contributed by atoms with van der Waals surface area (Å²) >= 11 is 0. The molecule has 3 rings (SSSR count). The molecule has 0 saturated carbocycles. The number of piperazine rings is 1. The van der Waals surface area contributed by atoms with Crippen LogP contribution in [-0.2, 0) is 16.1 Å². The molecule has 1 aliphatic heterocycles. The van der Waals surface area contributed by atoms with E-state index in [4.69, 9.17) is 0 Å². The molecule has 2 heterocycles. The van der Waals surface area contributed by atoms with Crippen LogP contribution in [0.15, 0.2) is 29.1 Å². The molecule has 1 fully saturated rings. The van der Waals surface area contributed by atoms with Crippen LogP contribution in [-0.4, -0.2) is 47.9 Å². The fraction of sp³-hybridized carbons (Fsp3) is 0.353. The van der Waals surface area contributed by atoms with Gasteiger partial charge in [-0.05, 0) is 18.2 Å². The number of H-pyrrole nitrogens is 1. The second kappa shape index (κ2) is 7.02. The van der Waals surface area contributed by atoms with E-state index >= 15 is 0 Å². The minimum Gasteiger partial charge on any atom is -0.359 e. The third kappa shape index (κ3) is 3.69. The molecule has 2 amide bonds. The maximum Gasteiger partial charge on any atom is 0.237 e. The lowest BCUT2D eigenvalue weighted by Crippen LogP contribution is -2.56. The summed E-state index contributed by atoms with van der Waals surface area (Å²) in [5.41, 5.74) is 0.862. The Kier molecular flexibility index (Phi) is 4.80. The number of nitrogens with one attached hydrogen (secondary N) is 3. The van der Waals surface area contributed by atoms with Gasteiger partial charge in [-0.25, -0.2) is 4.39 Å². The van der Waals surface area contributed by atoms with Gasteiger partial charge in [-0.1, -0.05) is 0 Å². The number of halogens is 1. The van der Waals surface area contributed by atoms with Gasteiger partial charge >= 0.3 is 0 Å². The molecule has 7 nitrogen and oxygen atoms in total. The first-order valence-electron chi connectivity index (χ1n) is 8.01. The second-order valence-electron chi connectivity index (χ2n) is 6.00. The van der Waals surface area contributed by atoms with Gasteiger partial charge in [0.25, 0.3) is 0 Å². The highest BCUT2D eigenvalue weighted by Gasteiger charge is 2.31. The SMILES string of the molecule is CNC(=O)C[C@H]1C(=O)NCCN1Cc1cc(=O)c2cc(F)ccc2[nH]1. The van der Waals surface area contributed by atoms with Crippen molar-refractivity contribution in [2.45, 2.75) is 19.0 Å². The largest absolute Gasteiger partial charge is 0.359 e. The number of hydrogen-bond acceptors (Lipinski definition) is 4. The number of rotatable bonds is 4.